The number of hydrogen-bond donors (Lipinski definition) is 4. The second-order valence-electron chi connectivity index (χ2n) is 12.5. The molecule has 4 amide bonds. The zero-order valence-electron chi connectivity index (χ0n) is 27.4. The number of hydrogen-bond acceptors (Lipinski definition) is 5. The quantitative estimate of drug-likeness (QED) is 0.173. The van der Waals surface area contributed by atoms with Crippen molar-refractivity contribution in [2.24, 2.45) is 5.92 Å². The molecule has 8 nitrogen and oxygen atoms in total. The average molecular weight is 645 g/mol. The molecule has 9 heteroatoms. The number of aliphatic hydroxyl groups is 1. The third kappa shape index (κ3) is 10.1. The first-order chi connectivity index (χ1) is 22.1. The highest BCUT2D eigenvalue weighted by molar-refractivity contribution is 8.00. The Balaban J connectivity index is 1.52. The van der Waals surface area contributed by atoms with Crippen molar-refractivity contribution in [3.05, 3.63) is 101 Å². The summed E-state index contributed by atoms with van der Waals surface area (Å²) in [4.78, 5) is 42.6. The van der Waals surface area contributed by atoms with Gasteiger partial charge in [-0.25, -0.2) is 4.79 Å². The molecule has 0 aromatic heterocycles. The first-order valence-corrected chi connectivity index (χ1v) is 17.2. The third-order valence-electron chi connectivity index (χ3n) is 8.41. The molecule has 3 aromatic carbocycles. The number of carbonyl (C=O) groups is 3. The molecule has 1 aliphatic rings. The highest BCUT2D eigenvalue weighted by Gasteiger charge is 2.35. The molecule has 4 rings (SSSR count). The molecule has 1 saturated heterocycles. The molecular formula is C37H48N4O4S. The van der Waals surface area contributed by atoms with E-state index in [1.165, 1.54) is 11.8 Å². The van der Waals surface area contributed by atoms with Crippen LogP contribution in [0.4, 0.5) is 4.79 Å². The number of carbonyl (C=O) groups excluding carboxylic acids is 3. The molecule has 246 valence electrons. The van der Waals surface area contributed by atoms with Crippen molar-refractivity contribution in [1.82, 2.24) is 20.9 Å². The van der Waals surface area contributed by atoms with E-state index in [-0.39, 0.29) is 35.9 Å². The van der Waals surface area contributed by atoms with Crippen LogP contribution in [0, 0.1) is 19.8 Å². The van der Waals surface area contributed by atoms with Gasteiger partial charge in [0.05, 0.1) is 17.9 Å². The first kappa shape index (κ1) is 35.0. The summed E-state index contributed by atoms with van der Waals surface area (Å²) in [7, 11) is 0. The smallest absolute Gasteiger partial charge is 0.318 e. The Bertz CT molecular complexity index is 1420. The van der Waals surface area contributed by atoms with E-state index in [4.69, 9.17) is 0 Å². The zero-order chi connectivity index (χ0) is 33.1. The van der Waals surface area contributed by atoms with Crippen molar-refractivity contribution in [1.29, 1.82) is 0 Å². The lowest BCUT2D eigenvalue weighted by Crippen LogP contribution is -2.59. The Kier molecular flexibility index (Phi) is 13.1. The van der Waals surface area contributed by atoms with E-state index in [1.807, 2.05) is 107 Å². The number of amides is 4. The number of benzene rings is 3. The van der Waals surface area contributed by atoms with Crippen molar-refractivity contribution in [3.63, 3.8) is 0 Å². The second-order valence-corrected chi connectivity index (χ2v) is 13.5. The van der Waals surface area contributed by atoms with E-state index in [0.717, 1.165) is 33.6 Å². The Labute approximate surface area is 277 Å². The number of urea groups is 1. The summed E-state index contributed by atoms with van der Waals surface area (Å²) in [5, 5.41) is 20.9. The van der Waals surface area contributed by atoms with Crippen LogP contribution in [0.3, 0.4) is 0 Å². The molecule has 0 unspecified atom stereocenters. The molecule has 4 N–H and O–H groups in total. The molecule has 0 saturated carbocycles. The maximum atomic E-state index is 13.8. The highest BCUT2D eigenvalue weighted by Crippen LogP contribution is 2.26. The first-order valence-electron chi connectivity index (χ1n) is 16.2. The van der Waals surface area contributed by atoms with Gasteiger partial charge in [0.1, 0.15) is 6.04 Å². The van der Waals surface area contributed by atoms with Gasteiger partial charge < -0.3 is 26.0 Å². The number of nitrogens with zero attached hydrogens (tertiary/aromatic N) is 1. The van der Waals surface area contributed by atoms with Crippen molar-refractivity contribution < 1.29 is 19.5 Å². The van der Waals surface area contributed by atoms with Gasteiger partial charge in [0, 0.05) is 24.0 Å². The minimum atomic E-state index is -0.945. The Morgan fingerprint density at radius 2 is 1.50 bits per heavy atom. The lowest BCUT2D eigenvalue weighted by atomic mass is 9.92. The van der Waals surface area contributed by atoms with Gasteiger partial charge >= 0.3 is 6.03 Å². The number of thioether (sulfide) groups is 1. The van der Waals surface area contributed by atoms with Gasteiger partial charge in [-0.1, -0.05) is 92.7 Å². The summed E-state index contributed by atoms with van der Waals surface area (Å²) < 4.78 is 0. The van der Waals surface area contributed by atoms with E-state index in [0.29, 0.717) is 25.9 Å². The number of nitrogens with one attached hydrogen (secondary N) is 3. The van der Waals surface area contributed by atoms with E-state index < -0.39 is 24.2 Å². The molecule has 0 spiro atoms. The van der Waals surface area contributed by atoms with Gasteiger partial charge in [-0.15, -0.1) is 11.8 Å². The summed E-state index contributed by atoms with van der Waals surface area (Å²) >= 11 is 1.50. The van der Waals surface area contributed by atoms with Gasteiger partial charge in [-0.2, -0.15) is 0 Å². The van der Waals surface area contributed by atoms with E-state index in [2.05, 4.69) is 16.0 Å². The second kappa shape index (κ2) is 17.2. The number of aryl methyl sites for hydroxylation is 2. The predicted octanol–water partition coefficient (Wildman–Crippen LogP) is 5.04. The van der Waals surface area contributed by atoms with Crippen LogP contribution in [0.15, 0.2) is 83.8 Å². The van der Waals surface area contributed by atoms with Crippen LogP contribution in [-0.4, -0.2) is 70.9 Å². The summed E-state index contributed by atoms with van der Waals surface area (Å²) in [6, 6.07) is 23.8. The summed E-state index contributed by atoms with van der Waals surface area (Å²) in [5.74, 6) is -0.284. The van der Waals surface area contributed by atoms with Gasteiger partial charge in [-0.3, -0.25) is 9.59 Å². The molecule has 3 aromatic rings. The SMILES string of the molecule is Cc1cccc(C)c1SCC(=O)N[C@@H](Cc1ccccc1)[C@@H](O)C[C@H](Cc1ccccc1)NC(=O)[C@H](C(C)C)N1CCCNC1=O. The van der Waals surface area contributed by atoms with Crippen molar-refractivity contribution >= 4 is 29.6 Å². The molecular weight excluding hydrogens is 596 g/mol. The van der Waals surface area contributed by atoms with E-state index >= 15 is 0 Å². The standard InChI is InChI=1S/C37H48N4O4S/c1-25(2)34(41-20-12-19-38-37(41)45)36(44)39-30(21-28-15-7-5-8-16-28)23-32(42)31(22-29-17-9-6-10-18-29)40-33(43)24-46-35-26(3)13-11-14-27(35)4/h5-11,13-18,25,30-32,34,42H,12,19-24H2,1-4H3,(H,38,45)(H,39,44)(H,40,43)/t30-,31-,32-,34-/m0/s1. The van der Waals surface area contributed by atoms with Crippen molar-refractivity contribution in [2.75, 3.05) is 18.8 Å². The molecule has 1 aliphatic heterocycles. The molecule has 1 fully saturated rings. The fraction of sp³-hybridized carbons (Fsp3) is 0.432. The van der Waals surface area contributed by atoms with Crippen LogP contribution < -0.4 is 16.0 Å². The fourth-order valence-corrected chi connectivity index (χ4v) is 7.07. The molecule has 0 radical (unpaired) electrons. The summed E-state index contributed by atoms with van der Waals surface area (Å²) in [6.45, 7) is 9.07. The Hall–Kier alpha value is -3.82. The van der Waals surface area contributed by atoms with Gasteiger partial charge in [0.25, 0.3) is 0 Å². The maximum absolute atomic E-state index is 13.8. The lowest BCUT2D eigenvalue weighted by Gasteiger charge is -2.37. The van der Waals surface area contributed by atoms with E-state index in [1.54, 1.807) is 4.90 Å². The van der Waals surface area contributed by atoms with Crippen LogP contribution in [0.1, 0.15) is 48.9 Å². The van der Waals surface area contributed by atoms with Crippen molar-refractivity contribution in [2.45, 2.75) is 82.5 Å². The minimum Gasteiger partial charge on any atom is -0.391 e. The van der Waals surface area contributed by atoms with Crippen LogP contribution in [0.2, 0.25) is 0 Å². The Morgan fingerprint density at radius 3 is 2.09 bits per heavy atom. The van der Waals surface area contributed by atoms with Gasteiger partial charge in [0.2, 0.25) is 11.8 Å². The molecule has 46 heavy (non-hydrogen) atoms. The lowest BCUT2D eigenvalue weighted by molar-refractivity contribution is -0.128. The topological polar surface area (TPSA) is 111 Å². The minimum absolute atomic E-state index is 0.106. The molecule has 4 atom stereocenters. The summed E-state index contributed by atoms with van der Waals surface area (Å²) in [5.41, 5.74) is 4.26. The van der Waals surface area contributed by atoms with Crippen LogP contribution in [0.25, 0.3) is 0 Å². The predicted molar refractivity (Wildman–Crippen MR) is 185 cm³/mol. The van der Waals surface area contributed by atoms with Crippen LogP contribution in [-0.2, 0) is 22.4 Å². The molecule has 0 aliphatic carbocycles. The van der Waals surface area contributed by atoms with Crippen LogP contribution >= 0.6 is 11.8 Å². The van der Waals surface area contributed by atoms with Gasteiger partial charge in [0.15, 0.2) is 0 Å². The molecule has 1 heterocycles. The van der Waals surface area contributed by atoms with Crippen molar-refractivity contribution in [3.8, 4) is 0 Å². The zero-order valence-corrected chi connectivity index (χ0v) is 28.2. The largest absolute Gasteiger partial charge is 0.391 e. The summed E-state index contributed by atoms with van der Waals surface area (Å²) in [6.07, 6.45) is 0.987. The highest BCUT2D eigenvalue weighted by atomic mass is 32.2. The Morgan fingerprint density at radius 1 is 0.891 bits per heavy atom. The maximum Gasteiger partial charge on any atom is 0.318 e. The van der Waals surface area contributed by atoms with E-state index in [9.17, 15) is 19.5 Å². The number of aliphatic hydroxyl groups excluding tert-OH is 1. The fourth-order valence-electron chi connectivity index (χ4n) is 6.12. The third-order valence-corrected chi connectivity index (χ3v) is 9.75. The monoisotopic (exact) mass is 644 g/mol. The molecule has 0 bridgehead atoms. The van der Waals surface area contributed by atoms with Gasteiger partial charge in [-0.05, 0) is 67.7 Å². The average Bonchev–Trinajstić information content (AvgIpc) is 3.02. The normalized spacial score (nSPS) is 15.9. The van der Waals surface area contributed by atoms with Crippen LogP contribution in [0.5, 0.6) is 0 Å². The number of rotatable bonds is 15.